The molecule has 3 rings (SSSR count). The van der Waals surface area contributed by atoms with Crippen molar-refractivity contribution in [3.63, 3.8) is 0 Å². The Bertz CT molecular complexity index is 953. The zero-order valence-electron chi connectivity index (χ0n) is 19.6. The number of nitrogens with zero attached hydrogens (tertiary/aromatic N) is 4. The highest BCUT2D eigenvalue weighted by Crippen LogP contribution is 2.48. The third kappa shape index (κ3) is 3.99. The first-order valence-corrected chi connectivity index (χ1v) is 11.1. The molecule has 0 bridgehead atoms. The number of likely N-dealkylation sites (tertiary alicyclic amines) is 1. The van der Waals surface area contributed by atoms with Crippen molar-refractivity contribution in [1.29, 1.82) is 0 Å². The average molecular weight is 443 g/mol. The molecule has 0 aromatic carbocycles. The fraction of sp³-hybridized carbons (Fsp3) is 0.542. The molecule has 0 unspecified atom stereocenters. The van der Waals surface area contributed by atoms with Crippen LogP contribution < -0.4 is 0 Å². The maximum absolute atomic E-state index is 13.6. The maximum Gasteiger partial charge on any atom is 0.410 e. The summed E-state index contributed by atoms with van der Waals surface area (Å²) in [4.78, 5) is 33.9. The summed E-state index contributed by atoms with van der Waals surface area (Å²) in [6.07, 6.45) is 4.28. The first-order valence-electron chi connectivity index (χ1n) is 11.1. The summed E-state index contributed by atoms with van der Waals surface area (Å²) in [6.45, 7) is 17.1. The van der Waals surface area contributed by atoms with Gasteiger partial charge in [0.2, 0.25) is 5.91 Å². The lowest BCUT2D eigenvalue weighted by Crippen LogP contribution is -2.63. The number of rotatable bonds is 9. The molecule has 0 atom stereocenters. The van der Waals surface area contributed by atoms with E-state index >= 15 is 0 Å². The molecule has 2 amide bonds. The minimum Gasteiger partial charge on any atom is -0.447 e. The zero-order valence-corrected chi connectivity index (χ0v) is 19.6. The molecule has 0 radical (unpaired) electrons. The second kappa shape index (κ2) is 9.32. The SMILES string of the molecule is C=CC1=C(C=C)C2(CN(C(=O)OC(C)C)C2)C(=O)N1Cc1nc(C)c(C)n1CCCCO. The van der Waals surface area contributed by atoms with Gasteiger partial charge in [-0.25, -0.2) is 9.78 Å². The standard InChI is InChI=1S/C24H34N4O4/c1-7-19-20(8-2)28(13-21-25-17(5)18(6)27(21)11-9-10-12-29)22(30)24(19)14-26(15-24)23(31)32-16(3)4/h7-8,16,29H,1-2,9-15H2,3-6H3. The molecule has 1 spiro atoms. The Morgan fingerprint density at radius 1 is 1.25 bits per heavy atom. The van der Waals surface area contributed by atoms with Crippen LogP contribution in [0.2, 0.25) is 0 Å². The van der Waals surface area contributed by atoms with E-state index in [0.29, 0.717) is 18.7 Å². The Morgan fingerprint density at radius 2 is 1.94 bits per heavy atom. The third-order valence-electron chi connectivity index (χ3n) is 6.28. The van der Waals surface area contributed by atoms with Gasteiger partial charge >= 0.3 is 6.09 Å². The van der Waals surface area contributed by atoms with E-state index < -0.39 is 11.5 Å². The van der Waals surface area contributed by atoms with Gasteiger partial charge in [0.1, 0.15) is 11.2 Å². The lowest BCUT2D eigenvalue weighted by molar-refractivity contribution is -0.142. The number of allylic oxidation sites excluding steroid dienone is 2. The molecule has 1 fully saturated rings. The number of aryl methyl sites for hydroxylation is 1. The summed E-state index contributed by atoms with van der Waals surface area (Å²) in [5.41, 5.74) is 2.66. The highest BCUT2D eigenvalue weighted by molar-refractivity contribution is 5.95. The van der Waals surface area contributed by atoms with Gasteiger partial charge in [-0.2, -0.15) is 0 Å². The molecular formula is C24H34N4O4. The zero-order chi connectivity index (χ0) is 23.6. The fourth-order valence-electron chi connectivity index (χ4n) is 4.53. The predicted octanol–water partition coefficient (Wildman–Crippen LogP) is 3.09. The normalized spacial score (nSPS) is 17.4. The maximum atomic E-state index is 13.6. The monoisotopic (exact) mass is 442 g/mol. The molecule has 8 heteroatoms. The highest BCUT2D eigenvalue weighted by atomic mass is 16.6. The number of hydrogen-bond acceptors (Lipinski definition) is 5. The molecule has 174 valence electrons. The van der Waals surface area contributed by atoms with E-state index in [2.05, 4.69) is 17.7 Å². The lowest BCUT2D eigenvalue weighted by atomic mass is 9.74. The summed E-state index contributed by atoms with van der Waals surface area (Å²) in [6, 6.07) is 0. The van der Waals surface area contributed by atoms with Crippen LogP contribution in [0, 0.1) is 19.3 Å². The Balaban J connectivity index is 1.87. The topological polar surface area (TPSA) is 87.9 Å². The predicted molar refractivity (Wildman–Crippen MR) is 122 cm³/mol. The number of aliphatic hydroxyl groups is 1. The Morgan fingerprint density at radius 3 is 2.50 bits per heavy atom. The molecule has 32 heavy (non-hydrogen) atoms. The highest BCUT2D eigenvalue weighted by Gasteiger charge is 2.59. The summed E-state index contributed by atoms with van der Waals surface area (Å²) in [5.74, 6) is 0.720. The van der Waals surface area contributed by atoms with Gasteiger partial charge in [0.05, 0.1) is 18.3 Å². The number of carbonyl (C=O) groups excluding carboxylic acids is 2. The fourth-order valence-corrected chi connectivity index (χ4v) is 4.53. The van der Waals surface area contributed by atoms with Crippen molar-refractivity contribution in [3.8, 4) is 0 Å². The third-order valence-corrected chi connectivity index (χ3v) is 6.28. The number of hydrogen-bond donors (Lipinski definition) is 1. The second-order valence-corrected chi connectivity index (χ2v) is 8.75. The minimum atomic E-state index is -0.820. The van der Waals surface area contributed by atoms with Gasteiger partial charge in [-0.3, -0.25) is 4.79 Å². The quantitative estimate of drug-likeness (QED) is 0.594. The van der Waals surface area contributed by atoms with E-state index in [-0.39, 0.29) is 31.7 Å². The van der Waals surface area contributed by atoms with Crippen LogP contribution in [0.4, 0.5) is 4.79 Å². The van der Waals surface area contributed by atoms with Gasteiger partial charge < -0.3 is 24.2 Å². The van der Waals surface area contributed by atoms with Crippen molar-refractivity contribution >= 4 is 12.0 Å². The van der Waals surface area contributed by atoms with Crippen molar-refractivity contribution in [3.05, 3.63) is 53.8 Å². The van der Waals surface area contributed by atoms with Gasteiger partial charge in [-0.05, 0) is 52.2 Å². The molecule has 2 aliphatic heterocycles. The van der Waals surface area contributed by atoms with Crippen LogP contribution >= 0.6 is 0 Å². The van der Waals surface area contributed by atoms with Crippen molar-refractivity contribution in [1.82, 2.24) is 19.4 Å². The molecule has 1 aromatic heterocycles. The van der Waals surface area contributed by atoms with Crippen LogP contribution in [0.25, 0.3) is 0 Å². The van der Waals surface area contributed by atoms with Crippen molar-refractivity contribution < 1.29 is 19.4 Å². The van der Waals surface area contributed by atoms with Gasteiger partial charge in [-0.15, -0.1) is 0 Å². The van der Waals surface area contributed by atoms with Crippen LogP contribution in [-0.4, -0.2) is 62.3 Å². The average Bonchev–Trinajstić information content (AvgIpc) is 3.11. The smallest absolute Gasteiger partial charge is 0.410 e. The number of aromatic nitrogens is 2. The molecule has 0 saturated carbocycles. The number of imidazole rings is 1. The summed E-state index contributed by atoms with van der Waals surface area (Å²) in [7, 11) is 0. The van der Waals surface area contributed by atoms with Crippen molar-refractivity contribution in [2.75, 3.05) is 19.7 Å². The molecule has 1 aromatic rings. The van der Waals surface area contributed by atoms with Gasteiger partial charge in [0, 0.05) is 37.6 Å². The number of carbonyl (C=O) groups is 2. The summed E-state index contributed by atoms with van der Waals surface area (Å²) >= 11 is 0. The molecule has 3 heterocycles. The van der Waals surface area contributed by atoms with E-state index in [9.17, 15) is 9.59 Å². The van der Waals surface area contributed by atoms with Crippen LogP contribution in [0.3, 0.4) is 0 Å². The Hall–Kier alpha value is -2.87. The molecule has 8 nitrogen and oxygen atoms in total. The van der Waals surface area contributed by atoms with Crippen LogP contribution in [0.1, 0.15) is 43.9 Å². The van der Waals surface area contributed by atoms with Gasteiger partial charge in [0.25, 0.3) is 0 Å². The van der Waals surface area contributed by atoms with Gasteiger partial charge in [0.15, 0.2) is 0 Å². The second-order valence-electron chi connectivity index (χ2n) is 8.75. The Kier molecular flexibility index (Phi) is 6.93. The molecule has 0 aliphatic carbocycles. The van der Waals surface area contributed by atoms with Gasteiger partial charge in [-0.1, -0.05) is 19.2 Å². The van der Waals surface area contributed by atoms with E-state index in [0.717, 1.165) is 35.8 Å². The van der Waals surface area contributed by atoms with E-state index in [1.807, 2.05) is 13.8 Å². The lowest BCUT2D eigenvalue weighted by Gasteiger charge is -2.46. The number of unbranched alkanes of at least 4 members (excludes halogenated alkanes) is 1. The van der Waals surface area contributed by atoms with Crippen LogP contribution in [0.5, 0.6) is 0 Å². The first-order chi connectivity index (χ1) is 15.2. The number of aliphatic hydroxyl groups excluding tert-OH is 1. The number of ether oxygens (including phenoxy) is 1. The largest absolute Gasteiger partial charge is 0.447 e. The summed E-state index contributed by atoms with van der Waals surface area (Å²) < 4.78 is 7.40. The van der Waals surface area contributed by atoms with E-state index in [1.54, 1.807) is 35.8 Å². The molecule has 1 N–H and O–H groups in total. The Labute approximate surface area is 189 Å². The molecule has 1 saturated heterocycles. The molecule has 2 aliphatic rings. The van der Waals surface area contributed by atoms with E-state index in [4.69, 9.17) is 14.8 Å². The minimum absolute atomic E-state index is 0.0730. The number of amides is 2. The summed E-state index contributed by atoms with van der Waals surface area (Å²) in [5, 5.41) is 9.13. The molecular weight excluding hydrogens is 408 g/mol. The van der Waals surface area contributed by atoms with E-state index in [1.165, 1.54) is 0 Å². The van der Waals surface area contributed by atoms with Crippen molar-refractivity contribution in [2.24, 2.45) is 5.41 Å². The van der Waals surface area contributed by atoms with Crippen LogP contribution in [-0.2, 0) is 22.6 Å². The first kappa shape index (κ1) is 23.8. The van der Waals surface area contributed by atoms with Crippen LogP contribution in [0.15, 0.2) is 36.6 Å². The van der Waals surface area contributed by atoms with Crippen molar-refractivity contribution in [2.45, 2.75) is 59.7 Å².